The summed E-state index contributed by atoms with van der Waals surface area (Å²) in [6.07, 6.45) is 5.39. The Morgan fingerprint density at radius 1 is 1.07 bits per heavy atom. The molecule has 0 bridgehead atoms. The number of nitrogens with one attached hydrogen (secondary N) is 1. The molecule has 2 amide bonds. The molecule has 6 heteroatoms. The van der Waals surface area contributed by atoms with Gasteiger partial charge in [-0.25, -0.2) is 4.98 Å². The van der Waals surface area contributed by atoms with Gasteiger partial charge in [0.1, 0.15) is 5.03 Å². The van der Waals surface area contributed by atoms with Gasteiger partial charge < -0.3 is 10.2 Å². The van der Waals surface area contributed by atoms with Crippen LogP contribution in [0.3, 0.4) is 0 Å². The van der Waals surface area contributed by atoms with Crippen LogP contribution in [0.2, 0.25) is 0 Å². The van der Waals surface area contributed by atoms with Crippen LogP contribution in [0.5, 0.6) is 0 Å². The second-order valence-electron chi connectivity index (χ2n) is 8.05. The third-order valence-electron chi connectivity index (χ3n) is 5.77. The van der Waals surface area contributed by atoms with Gasteiger partial charge in [-0.15, -0.1) is 0 Å². The van der Waals surface area contributed by atoms with Gasteiger partial charge >= 0.3 is 0 Å². The van der Waals surface area contributed by atoms with Gasteiger partial charge in [0.25, 0.3) is 5.91 Å². The van der Waals surface area contributed by atoms with Crippen molar-refractivity contribution in [1.82, 2.24) is 15.2 Å². The molecule has 4 rings (SSSR count). The van der Waals surface area contributed by atoms with Crippen LogP contribution in [0.1, 0.15) is 47.2 Å². The molecule has 0 atom stereocenters. The number of rotatable bonds is 5. The maximum Gasteiger partial charge on any atom is 0.256 e. The molecular weight excluding hydrogens is 382 g/mol. The van der Waals surface area contributed by atoms with Gasteiger partial charge in [-0.3, -0.25) is 9.59 Å². The molecule has 0 unspecified atom stereocenters. The van der Waals surface area contributed by atoms with E-state index in [0.717, 1.165) is 35.6 Å². The number of aryl methyl sites for hydroxylation is 2. The van der Waals surface area contributed by atoms with E-state index >= 15 is 0 Å². The Bertz CT molecular complexity index is 918. The quantitative estimate of drug-likeness (QED) is 0.811. The van der Waals surface area contributed by atoms with E-state index < -0.39 is 0 Å². The van der Waals surface area contributed by atoms with Crippen LogP contribution >= 0.6 is 11.8 Å². The summed E-state index contributed by atoms with van der Waals surface area (Å²) in [4.78, 5) is 32.9. The summed E-state index contributed by atoms with van der Waals surface area (Å²) in [5, 5.41) is 3.82. The SMILES string of the molecule is Cc1ccc(Sc2ncccc2C(=O)N2CCC(C(=O)NC3CC3)CC2)cc1C. The van der Waals surface area contributed by atoms with Crippen LogP contribution in [0.15, 0.2) is 46.5 Å². The van der Waals surface area contributed by atoms with E-state index in [4.69, 9.17) is 0 Å². The number of nitrogens with zero attached hydrogens (tertiary/aromatic N) is 2. The molecule has 1 aromatic heterocycles. The lowest BCUT2D eigenvalue weighted by molar-refractivity contribution is -0.126. The van der Waals surface area contributed by atoms with Gasteiger partial charge in [0.15, 0.2) is 0 Å². The highest BCUT2D eigenvalue weighted by Crippen LogP contribution is 2.31. The molecule has 2 aliphatic rings. The number of carbonyl (C=O) groups excluding carboxylic acids is 2. The molecule has 29 heavy (non-hydrogen) atoms. The van der Waals surface area contributed by atoms with Crippen molar-refractivity contribution in [2.24, 2.45) is 5.92 Å². The predicted molar refractivity (Wildman–Crippen MR) is 114 cm³/mol. The van der Waals surface area contributed by atoms with Crippen LogP contribution in [-0.4, -0.2) is 40.8 Å². The highest BCUT2D eigenvalue weighted by Gasteiger charge is 2.31. The molecule has 152 valence electrons. The summed E-state index contributed by atoms with van der Waals surface area (Å²) in [5.74, 6) is 0.190. The fourth-order valence-corrected chi connectivity index (χ4v) is 4.56. The second-order valence-corrected chi connectivity index (χ2v) is 9.12. The van der Waals surface area contributed by atoms with Crippen molar-refractivity contribution in [3.8, 4) is 0 Å². The number of piperidine rings is 1. The van der Waals surface area contributed by atoms with Crippen molar-refractivity contribution in [3.05, 3.63) is 53.2 Å². The molecule has 2 fully saturated rings. The zero-order valence-corrected chi connectivity index (χ0v) is 17.8. The molecule has 1 N–H and O–H groups in total. The Labute approximate surface area is 176 Å². The van der Waals surface area contributed by atoms with Crippen molar-refractivity contribution in [3.63, 3.8) is 0 Å². The number of pyridine rings is 1. The summed E-state index contributed by atoms with van der Waals surface area (Å²) in [7, 11) is 0. The van der Waals surface area contributed by atoms with E-state index in [9.17, 15) is 9.59 Å². The smallest absolute Gasteiger partial charge is 0.256 e. The van der Waals surface area contributed by atoms with E-state index in [2.05, 4.69) is 42.3 Å². The minimum Gasteiger partial charge on any atom is -0.353 e. The monoisotopic (exact) mass is 409 g/mol. The fraction of sp³-hybridized carbons (Fsp3) is 0.435. The Kier molecular flexibility index (Phi) is 5.90. The van der Waals surface area contributed by atoms with E-state index in [1.165, 1.54) is 22.9 Å². The molecular formula is C23H27N3O2S. The summed E-state index contributed by atoms with van der Waals surface area (Å²) in [6, 6.07) is 10.4. The number of amides is 2. The summed E-state index contributed by atoms with van der Waals surface area (Å²) >= 11 is 1.53. The molecule has 1 aliphatic carbocycles. The Hall–Kier alpha value is -2.34. The van der Waals surface area contributed by atoms with Crippen LogP contribution in [0.4, 0.5) is 0 Å². The third-order valence-corrected chi connectivity index (χ3v) is 6.78. The van der Waals surface area contributed by atoms with E-state index in [1.807, 2.05) is 17.0 Å². The van der Waals surface area contributed by atoms with Crippen LogP contribution < -0.4 is 5.32 Å². The zero-order chi connectivity index (χ0) is 20.4. The van der Waals surface area contributed by atoms with Crippen LogP contribution in [0, 0.1) is 19.8 Å². The van der Waals surface area contributed by atoms with Crippen molar-refractivity contribution in [2.75, 3.05) is 13.1 Å². The van der Waals surface area contributed by atoms with Gasteiger partial charge in [-0.05, 0) is 74.9 Å². The molecule has 5 nitrogen and oxygen atoms in total. The number of hydrogen-bond donors (Lipinski definition) is 1. The number of hydrogen-bond acceptors (Lipinski definition) is 4. The van der Waals surface area contributed by atoms with Gasteiger partial charge in [0, 0.05) is 36.1 Å². The predicted octanol–water partition coefficient (Wildman–Crippen LogP) is 3.98. The zero-order valence-electron chi connectivity index (χ0n) is 17.0. The van der Waals surface area contributed by atoms with Crippen LogP contribution in [0.25, 0.3) is 0 Å². The Balaban J connectivity index is 1.42. The molecule has 2 aromatic rings. The molecule has 2 heterocycles. The van der Waals surface area contributed by atoms with E-state index in [-0.39, 0.29) is 17.7 Å². The first-order valence-corrected chi connectivity index (χ1v) is 11.1. The molecule has 1 aliphatic heterocycles. The lowest BCUT2D eigenvalue weighted by Crippen LogP contribution is -2.43. The van der Waals surface area contributed by atoms with Gasteiger partial charge in [0.2, 0.25) is 5.91 Å². The largest absolute Gasteiger partial charge is 0.353 e. The second kappa shape index (κ2) is 8.57. The number of likely N-dealkylation sites (tertiary alicyclic amines) is 1. The average molecular weight is 410 g/mol. The van der Waals surface area contributed by atoms with Gasteiger partial charge in [-0.2, -0.15) is 0 Å². The maximum atomic E-state index is 13.2. The summed E-state index contributed by atoms with van der Waals surface area (Å²) in [5.41, 5.74) is 3.11. The van der Waals surface area contributed by atoms with Crippen molar-refractivity contribution in [1.29, 1.82) is 0 Å². The standard InChI is InChI=1S/C23H27N3O2S/c1-15-5-8-19(14-16(15)2)29-22-20(4-3-11-24-22)23(28)26-12-9-17(10-13-26)21(27)25-18-6-7-18/h3-5,8,11,14,17-18H,6-7,9-10,12-13H2,1-2H3,(H,25,27). The molecule has 0 spiro atoms. The van der Waals surface area contributed by atoms with Crippen molar-refractivity contribution in [2.45, 2.75) is 55.5 Å². The lowest BCUT2D eigenvalue weighted by atomic mass is 9.95. The number of carbonyl (C=O) groups is 2. The van der Waals surface area contributed by atoms with E-state index in [0.29, 0.717) is 24.7 Å². The lowest BCUT2D eigenvalue weighted by Gasteiger charge is -2.31. The number of benzene rings is 1. The topological polar surface area (TPSA) is 62.3 Å². The highest BCUT2D eigenvalue weighted by atomic mass is 32.2. The fourth-order valence-electron chi connectivity index (χ4n) is 3.59. The summed E-state index contributed by atoms with van der Waals surface area (Å²) < 4.78 is 0. The summed E-state index contributed by atoms with van der Waals surface area (Å²) in [6.45, 7) is 5.41. The molecule has 1 aromatic carbocycles. The third kappa shape index (κ3) is 4.81. The minimum atomic E-state index is 0.00508. The minimum absolute atomic E-state index is 0.00508. The Morgan fingerprint density at radius 2 is 1.83 bits per heavy atom. The first-order valence-electron chi connectivity index (χ1n) is 10.3. The molecule has 1 saturated carbocycles. The van der Waals surface area contributed by atoms with Gasteiger partial charge in [-0.1, -0.05) is 17.8 Å². The molecule has 0 radical (unpaired) electrons. The molecule has 1 saturated heterocycles. The normalized spacial score (nSPS) is 17.2. The first-order chi connectivity index (χ1) is 14.0. The maximum absolute atomic E-state index is 13.2. The Morgan fingerprint density at radius 3 is 2.52 bits per heavy atom. The average Bonchev–Trinajstić information content (AvgIpc) is 3.55. The van der Waals surface area contributed by atoms with Crippen LogP contribution in [-0.2, 0) is 4.79 Å². The van der Waals surface area contributed by atoms with E-state index in [1.54, 1.807) is 6.20 Å². The van der Waals surface area contributed by atoms with Crippen molar-refractivity contribution >= 4 is 23.6 Å². The number of aromatic nitrogens is 1. The first kappa shape index (κ1) is 20.0. The van der Waals surface area contributed by atoms with Crippen molar-refractivity contribution < 1.29 is 9.59 Å². The van der Waals surface area contributed by atoms with Gasteiger partial charge in [0.05, 0.1) is 5.56 Å². The highest BCUT2D eigenvalue weighted by molar-refractivity contribution is 7.99.